The van der Waals surface area contributed by atoms with Crippen LogP contribution in [0.5, 0.6) is 0 Å². The molecule has 0 amide bonds. The Morgan fingerprint density at radius 3 is 2.54 bits per heavy atom. The van der Waals surface area contributed by atoms with Gasteiger partial charge in [0.05, 0.1) is 5.75 Å². The number of nitrogen functional groups attached to an aromatic ring is 1. The molecule has 0 saturated carbocycles. The van der Waals surface area contributed by atoms with Crippen LogP contribution in [0.25, 0.3) is 0 Å². The predicted octanol–water partition coefficient (Wildman–Crippen LogP) is 4.07. The molecule has 128 valence electrons. The van der Waals surface area contributed by atoms with Gasteiger partial charge in [-0.25, -0.2) is 13.1 Å². The van der Waals surface area contributed by atoms with Crippen molar-refractivity contribution < 1.29 is 8.42 Å². The first kappa shape index (κ1) is 17.5. The van der Waals surface area contributed by atoms with E-state index in [0.717, 1.165) is 30.4 Å². The topological polar surface area (TPSA) is 72.2 Å². The maximum Gasteiger partial charge on any atom is 0.216 e. The van der Waals surface area contributed by atoms with Crippen LogP contribution in [0.2, 0.25) is 10.0 Å². The standard InChI is InChI=1S/C17H18Cl2N2O2S/c18-13-6-11(7-14(19)9-13)10-24(22,23)21-17-3-1-2-12-8-15(20)4-5-16(12)17/h4-9,17,21H,1-3,10,20H2. The lowest BCUT2D eigenvalue weighted by atomic mass is 9.88. The molecule has 2 aromatic carbocycles. The van der Waals surface area contributed by atoms with Gasteiger partial charge < -0.3 is 5.73 Å². The molecule has 0 heterocycles. The minimum atomic E-state index is -3.52. The number of aryl methyl sites for hydroxylation is 1. The molecule has 0 radical (unpaired) electrons. The van der Waals surface area contributed by atoms with E-state index in [2.05, 4.69) is 4.72 Å². The van der Waals surface area contributed by atoms with Crippen molar-refractivity contribution in [2.24, 2.45) is 0 Å². The van der Waals surface area contributed by atoms with Gasteiger partial charge >= 0.3 is 0 Å². The van der Waals surface area contributed by atoms with E-state index in [9.17, 15) is 8.42 Å². The number of hydrogen-bond donors (Lipinski definition) is 2. The number of halogens is 2. The summed E-state index contributed by atoms with van der Waals surface area (Å²) < 4.78 is 27.9. The molecule has 1 unspecified atom stereocenters. The van der Waals surface area contributed by atoms with Gasteiger partial charge in [0.15, 0.2) is 0 Å². The molecular formula is C17H18Cl2N2O2S. The molecule has 0 aliphatic heterocycles. The highest BCUT2D eigenvalue weighted by Crippen LogP contribution is 2.32. The van der Waals surface area contributed by atoms with E-state index in [1.54, 1.807) is 18.2 Å². The molecule has 2 aromatic rings. The van der Waals surface area contributed by atoms with Crippen molar-refractivity contribution in [1.29, 1.82) is 0 Å². The Balaban J connectivity index is 1.80. The number of nitrogens with two attached hydrogens (primary N) is 1. The van der Waals surface area contributed by atoms with Gasteiger partial charge in [0, 0.05) is 21.8 Å². The summed E-state index contributed by atoms with van der Waals surface area (Å²) in [5.41, 5.74) is 9.20. The van der Waals surface area contributed by atoms with Crippen LogP contribution >= 0.6 is 23.2 Å². The van der Waals surface area contributed by atoms with Gasteiger partial charge in [-0.2, -0.15) is 0 Å². The van der Waals surface area contributed by atoms with Crippen molar-refractivity contribution in [1.82, 2.24) is 4.72 Å². The Kier molecular flexibility index (Phi) is 5.06. The SMILES string of the molecule is Nc1ccc2c(c1)CCCC2NS(=O)(=O)Cc1cc(Cl)cc(Cl)c1. The smallest absolute Gasteiger partial charge is 0.216 e. The summed E-state index contributed by atoms with van der Waals surface area (Å²) in [7, 11) is -3.52. The number of hydrogen-bond acceptors (Lipinski definition) is 3. The normalized spacial score (nSPS) is 17.5. The zero-order valence-corrected chi connectivity index (χ0v) is 15.3. The van der Waals surface area contributed by atoms with E-state index in [1.165, 1.54) is 0 Å². The third-order valence-corrected chi connectivity index (χ3v) is 5.88. The molecular weight excluding hydrogens is 367 g/mol. The van der Waals surface area contributed by atoms with E-state index in [4.69, 9.17) is 28.9 Å². The van der Waals surface area contributed by atoms with Gasteiger partial charge in [0.1, 0.15) is 0 Å². The fourth-order valence-electron chi connectivity index (χ4n) is 3.13. The van der Waals surface area contributed by atoms with E-state index in [0.29, 0.717) is 21.3 Å². The van der Waals surface area contributed by atoms with Crippen molar-refractivity contribution >= 4 is 38.9 Å². The first-order valence-corrected chi connectivity index (χ1v) is 10.1. The van der Waals surface area contributed by atoms with Crippen LogP contribution in [-0.2, 0) is 22.2 Å². The summed E-state index contributed by atoms with van der Waals surface area (Å²) >= 11 is 11.9. The fourth-order valence-corrected chi connectivity index (χ4v) is 5.07. The molecule has 7 heteroatoms. The number of nitrogens with one attached hydrogen (secondary N) is 1. The van der Waals surface area contributed by atoms with Gasteiger partial charge in [-0.3, -0.25) is 0 Å². The minimum absolute atomic E-state index is 0.159. The zero-order chi connectivity index (χ0) is 17.3. The molecule has 1 aliphatic rings. The van der Waals surface area contributed by atoms with Crippen LogP contribution in [-0.4, -0.2) is 8.42 Å². The van der Waals surface area contributed by atoms with Gasteiger partial charge in [-0.15, -0.1) is 0 Å². The average Bonchev–Trinajstić information content (AvgIpc) is 2.44. The maximum absolute atomic E-state index is 12.5. The largest absolute Gasteiger partial charge is 0.399 e. The summed E-state index contributed by atoms with van der Waals surface area (Å²) in [6.45, 7) is 0. The van der Waals surface area contributed by atoms with Crippen LogP contribution in [0.15, 0.2) is 36.4 Å². The lowest BCUT2D eigenvalue weighted by Gasteiger charge is -2.26. The first-order chi connectivity index (χ1) is 11.3. The molecule has 3 N–H and O–H groups in total. The maximum atomic E-state index is 12.5. The summed E-state index contributed by atoms with van der Waals surface area (Å²) in [5.74, 6) is -0.159. The fraction of sp³-hybridized carbons (Fsp3) is 0.294. The zero-order valence-electron chi connectivity index (χ0n) is 12.9. The van der Waals surface area contributed by atoms with E-state index >= 15 is 0 Å². The number of fused-ring (bicyclic) bond motifs is 1. The van der Waals surface area contributed by atoms with Crippen LogP contribution < -0.4 is 10.5 Å². The first-order valence-electron chi connectivity index (χ1n) is 7.66. The van der Waals surface area contributed by atoms with Gasteiger partial charge in [-0.1, -0.05) is 29.3 Å². The van der Waals surface area contributed by atoms with E-state index in [-0.39, 0.29) is 11.8 Å². The summed E-state index contributed by atoms with van der Waals surface area (Å²) in [5, 5.41) is 0.845. The molecule has 4 nitrogen and oxygen atoms in total. The molecule has 1 atom stereocenters. The average molecular weight is 385 g/mol. The second-order valence-electron chi connectivity index (χ2n) is 6.06. The van der Waals surface area contributed by atoms with Crippen molar-refractivity contribution in [3.05, 3.63) is 63.1 Å². The van der Waals surface area contributed by atoms with Gasteiger partial charge in [0.2, 0.25) is 10.0 Å². The number of anilines is 1. The number of rotatable bonds is 4. The Hall–Kier alpha value is -1.27. The molecule has 0 saturated heterocycles. The highest BCUT2D eigenvalue weighted by molar-refractivity contribution is 7.88. The Labute approximate surface area is 152 Å². The molecule has 0 bridgehead atoms. The minimum Gasteiger partial charge on any atom is -0.399 e. The molecule has 1 aliphatic carbocycles. The second kappa shape index (κ2) is 6.92. The van der Waals surface area contributed by atoms with E-state index in [1.807, 2.05) is 18.2 Å². The molecule has 0 aromatic heterocycles. The van der Waals surface area contributed by atoms with Crippen LogP contribution in [0, 0.1) is 0 Å². The third-order valence-electron chi connectivity index (χ3n) is 4.08. The van der Waals surface area contributed by atoms with Crippen LogP contribution in [0.4, 0.5) is 5.69 Å². The number of benzene rings is 2. The monoisotopic (exact) mass is 384 g/mol. The molecule has 3 rings (SSSR count). The second-order valence-corrected chi connectivity index (χ2v) is 8.68. The van der Waals surface area contributed by atoms with Gasteiger partial charge in [-0.05, 0) is 66.3 Å². The molecule has 24 heavy (non-hydrogen) atoms. The lowest BCUT2D eigenvalue weighted by molar-refractivity contribution is 0.507. The summed E-state index contributed by atoms with van der Waals surface area (Å²) in [6.07, 6.45) is 2.61. The number of sulfonamides is 1. The summed E-state index contributed by atoms with van der Waals surface area (Å²) in [6, 6.07) is 10.2. The van der Waals surface area contributed by atoms with Crippen LogP contribution in [0.1, 0.15) is 35.6 Å². The highest BCUT2D eigenvalue weighted by Gasteiger charge is 2.25. The molecule has 0 spiro atoms. The van der Waals surface area contributed by atoms with Crippen molar-refractivity contribution in [3.63, 3.8) is 0 Å². The van der Waals surface area contributed by atoms with E-state index < -0.39 is 10.0 Å². The van der Waals surface area contributed by atoms with Crippen LogP contribution in [0.3, 0.4) is 0 Å². The van der Waals surface area contributed by atoms with Crippen molar-refractivity contribution in [2.45, 2.75) is 31.1 Å². The Morgan fingerprint density at radius 2 is 1.83 bits per heavy atom. The highest BCUT2D eigenvalue weighted by atomic mass is 35.5. The van der Waals surface area contributed by atoms with Crippen molar-refractivity contribution in [2.75, 3.05) is 5.73 Å². The quantitative estimate of drug-likeness (QED) is 0.780. The lowest BCUT2D eigenvalue weighted by Crippen LogP contribution is -2.32. The third kappa shape index (κ3) is 4.22. The Morgan fingerprint density at radius 1 is 1.12 bits per heavy atom. The summed E-state index contributed by atoms with van der Waals surface area (Å²) in [4.78, 5) is 0. The van der Waals surface area contributed by atoms with Gasteiger partial charge in [0.25, 0.3) is 0 Å². The molecule has 0 fully saturated rings. The van der Waals surface area contributed by atoms with Crippen molar-refractivity contribution in [3.8, 4) is 0 Å². The predicted molar refractivity (Wildman–Crippen MR) is 98.8 cm³/mol. The Bertz CT molecular complexity index is 849.